The minimum atomic E-state index is -4.56. The molecule has 0 unspecified atom stereocenters. The monoisotopic (exact) mass is 440 g/mol. The Bertz CT molecular complexity index is 725. The molecule has 3 N–H and O–H groups in total. The summed E-state index contributed by atoms with van der Waals surface area (Å²) in [5, 5.41) is 19.6. The van der Waals surface area contributed by atoms with Crippen LogP contribution in [0.15, 0.2) is 23.1 Å². The zero-order valence-electron chi connectivity index (χ0n) is 18.5. The van der Waals surface area contributed by atoms with Gasteiger partial charge in [-0.05, 0) is 18.9 Å². The number of allylic oxidation sites excluding steroid dienone is 1. The summed E-state index contributed by atoms with van der Waals surface area (Å²) in [7, 11) is -4.56. The molecule has 1 aromatic rings. The summed E-state index contributed by atoms with van der Waals surface area (Å²) in [5.41, 5.74) is 0.324. The van der Waals surface area contributed by atoms with Gasteiger partial charge in [-0.15, -0.1) is 0 Å². The minimum absolute atomic E-state index is 0.294. The first-order valence-electron chi connectivity index (χ1n) is 11.6. The summed E-state index contributed by atoms with van der Waals surface area (Å²) in [4.78, 5) is -0.691. The largest absolute Gasteiger partial charge is 0.507 e. The smallest absolute Gasteiger partial charge is 0.298 e. The van der Waals surface area contributed by atoms with E-state index < -0.39 is 20.8 Å². The van der Waals surface area contributed by atoms with Crippen LogP contribution in [0.5, 0.6) is 11.5 Å². The lowest BCUT2D eigenvalue weighted by atomic mass is 10.0. The van der Waals surface area contributed by atoms with E-state index >= 15 is 0 Å². The van der Waals surface area contributed by atoms with E-state index in [0.717, 1.165) is 25.0 Å². The van der Waals surface area contributed by atoms with Gasteiger partial charge in [0.15, 0.2) is 0 Å². The Labute approximate surface area is 183 Å². The van der Waals surface area contributed by atoms with Crippen LogP contribution in [0.25, 0.3) is 6.08 Å². The van der Waals surface area contributed by atoms with Crippen molar-refractivity contribution in [2.45, 2.75) is 108 Å². The number of unbranched alkanes of at least 4 members (excludes halogenated alkanes) is 14. The van der Waals surface area contributed by atoms with E-state index in [2.05, 4.69) is 6.92 Å². The molecule has 0 aliphatic rings. The van der Waals surface area contributed by atoms with E-state index in [1.807, 2.05) is 6.08 Å². The van der Waals surface area contributed by atoms with Gasteiger partial charge in [0.05, 0.1) is 0 Å². The first kappa shape index (κ1) is 26.5. The maximum Gasteiger partial charge on any atom is 0.298 e. The molecule has 0 radical (unpaired) electrons. The summed E-state index contributed by atoms with van der Waals surface area (Å²) in [6, 6.07) is 2.00. The van der Waals surface area contributed by atoms with Gasteiger partial charge in [0.1, 0.15) is 16.4 Å². The van der Waals surface area contributed by atoms with Crippen molar-refractivity contribution in [3.63, 3.8) is 0 Å². The number of hydrogen-bond donors (Lipinski definition) is 3. The van der Waals surface area contributed by atoms with Crippen LogP contribution in [0.2, 0.25) is 0 Å². The van der Waals surface area contributed by atoms with Gasteiger partial charge in [-0.1, -0.05) is 103 Å². The summed E-state index contributed by atoms with van der Waals surface area (Å²) in [6.07, 6.45) is 22.9. The zero-order valence-corrected chi connectivity index (χ0v) is 19.3. The third-order valence-corrected chi connectivity index (χ3v) is 6.29. The number of phenols is 2. The van der Waals surface area contributed by atoms with Crippen molar-refractivity contribution < 1.29 is 23.2 Å². The Balaban J connectivity index is 2.07. The highest BCUT2D eigenvalue weighted by molar-refractivity contribution is 7.86. The molecule has 5 nitrogen and oxygen atoms in total. The number of phenolic OH excluding ortho intramolecular Hbond substituents is 2. The molecule has 0 aliphatic carbocycles. The molecule has 0 aliphatic heterocycles. The zero-order chi connectivity index (χ0) is 22.2. The van der Waals surface area contributed by atoms with Crippen molar-refractivity contribution in [3.8, 4) is 11.5 Å². The van der Waals surface area contributed by atoms with Gasteiger partial charge < -0.3 is 10.2 Å². The lowest BCUT2D eigenvalue weighted by Gasteiger charge is -2.05. The van der Waals surface area contributed by atoms with Crippen LogP contribution < -0.4 is 0 Å². The van der Waals surface area contributed by atoms with Gasteiger partial charge in [0.2, 0.25) is 0 Å². The molecule has 0 heterocycles. The molecule has 1 rings (SSSR count). The molecular formula is C24H40O5S. The van der Waals surface area contributed by atoms with Gasteiger partial charge >= 0.3 is 0 Å². The molecule has 0 spiro atoms. The molecular weight excluding hydrogens is 400 g/mol. The first-order valence-corrected chi connectivity index (χ1v) is 13.0. The summed E-state index contributed by atoms with van der Waals surface area (Å²) < 4.78 is 31.2. The molecule has 0 bridgehead atoms. The first-order chi connectivity index (χ1) is 14.4. The maximum absolute atomic E-state index is 11.1. The van der Waals surface area contributed by atoms with Crippen molar-refractivity contribution in [3.05, 3.63) is 23.8 Å². The fraction of sp³-hybridized carbons (Fsp3) is 0.667. The number of rotatable bonds is 17. The number of aromatic hydroxyl groups is 2. The standard InChI is InChI=1S/C24H40O5S/c1-2-3-4-5-6-7-8-9-10-11-12-13-14-15-16-17-18-21-19-23(26)24(20-22(21)25)30(27,28)29/h17-20,25-26H,2-16H2,1H3,(H,27,28,29). The summed E-state index contributed by atoms with van der Waals surface area (Å²) in [5.74, 6) is -0.871. The minimum Gasteiger partial charge on any atom is -0.507 e. The van der Waals surface area contributed by atoms with Crippen LogP contribution >= 0.6 is 0 Å². The van der Waals surface area contributed by atoms with Crippen LogP contribution in [0.1, 0.15) is 109 Å². The summed E-state index contributed by atoms with van der Waals surface area (Å²) >= 11 is 0. The average molecular weight is 441 g/mol. The lowest BCUT2D eigenvalue weighted by Crippen LogP contribution is -1.98. The van der Waals surface area contributed by atoms with Crippen molar-refractivity contribution in [1.82, 2.24) is 0 Å². The van der Waals surface area contributed by atoms with E-state index in [1.165, 1.54) is 83.5 Å². The molecule has 0 atom stereocenters. The maximum atomic E-state index is 11.1. The Hall–Kier alpha value is -1.53. The molecule has 1 aromatic carbocycles. The SMILES string of the molecule is CCCCCCCCCCCCCCCCC=Cc1cc(O)c(S(=O)(=O)O)cc1O. The molecule has 0 aromatic heterocycles. The van der Waals surface area contributed by atoms with Crippen molar-refractivity contribution >= 4 is 16.2 Å². The second-order valence-electron chi connectivity index (χ2n) is 8.14. The van der Waals surface area contributed by atoms with Gasteiger partial charge in [-0.2, -0.15) is 8.42 Å². The number of hydrogen-bond acceptors (Lipinski definition) is 4. The Morgan fingerprint density at radius 1 is 0.733 bits per heavy atom. The van der Waals surface area contributed by atoms with Crippen LogP contribution in [-0.4, -0.2) is 23.2 Å². The lowest BCUT2D eigenvalue weighted by molar-refractivity contribution is 0.432. The molecule has 6 heteroatoms. The quantitative estimate of drug-likeness (QED) is 0.135. The molecule has 0 saturated carbocycles. The van der Waals surface area contributed by atoms with E-state index in [1.54, 1.807) is 6.08 Å². The molecule has 0 fully saturated rings. The van der Waals surface area contributed by atoms with E-state index in [0.29, 0.717) is 5.56 Å². The van der Waals surface area contributed by atoms with Gasteiger partial charge in [0.25, 0.3) is 10.1 Å². The van der Waals surface area contributed by atoms with Crippen LogP contribution in [0.4, 0.5) is 0 Å². The Morgan fingerprint density at radius 3 is 1.67 bits per heavy atom. The van der Waals surface area contributed by atoms with Crippen LogP contribution in [0.3, 0.4) is 0 Å². The topological polar surface area (TPSA) is 94.8 Å². The van der Waals surface area contributed by atoms with Crippen molar-refractivity contribution in [1.29, 1.82) is 0 Å². The molecule has 0 saturated heterocycles. The Kier molecular flexibility index (Phi) is 13.5. The third-order valence-electron chi connectivity index (χ3n) is 5.41. The second-order valence-corrected chi connectivity index (χ2v) is 9.53. The highest BCUT2D eigenvalue weighted by Gasteiger charge is 2.17. The van der Waals surface area contributed by atoms with Crippen LogP contribution in [-0.2, 0) is 10.1 Å². The molecule has 30 heavy (non-hydrogen) atoms. The Morgan fingerprint density at radius 2 is 1.20 bits per heavy atom. The van der Waals surface area contributed by atoms with Crippen molar-refractivity contribution in [2.24, 2.45) is 0 Å². The molecule has 0 amide bonds. The highest BCUT2D eigenvalue weighted by Crippen LogP contribution is 2.31. The van der Waals surface area contributed by atoms with Gasteiger partial charge in [0, 0.05) is 11.6 Å². The fourth-order valence-corrected chi connectivity index (χ4v) is 4.16. The summed E-state index contributed by atoms with van der Waals surface area (Å²) in [6.45, 7) is 2.26. The van der Waals surface area contributed by atoms with E-state index in [9.17, 15) is 18.6 Å². The highest BCUT2D eigenvalue weighted by atomic mass is 32.2. The van der Waals surface area contributed by atoms with Gasteiger partial charge in [-0.3, -0.25) is 4.55 Å². The molecule has 172 valence electrons. The predicted molar refractivity (Wildman–Crippen MR) is 124 cm³/mol. The third kappa shape index (κ3) is 11.6. The normalized spacial score (nSPS) is 12.1. The van der Waals surface area contributed by atoms with Gasteiger partial charge in [-0.25, -0.2) is 0 Å². The van der Waals surface area contributed by atoms with Crippen molar-refractivity contribution in [2.75, 3.05) is 0 Å². The van der Waals surface area contributed by atoms with E-state index in [4.69, 9.17) is 4.55 Å². The average Bonchev–Trinajstić information content (AvgIpc) is 2.69. The number of benzene rings is 1. The second kappa shape index (κ2) is 15.3. The van der Waals surface area contributed by atoms with E-state index in [-0.39, 0.29) is 5.75 Å². The van der Waals surface area contributed by atoms with Crippen LogP contribution in [0, 0.1) is 0 Å². The predicted octanol–water partition coefficient (Wildman–Crippen LogP) is 7.23. The fourth-order valence-electron chi connectivity index (χ4n) is 3.58.